The molecule has 7 atom stereocenters. The molecule has 0 amide bonds. The monoisotopic (exact) mass is 347 g/mol. The molecule has 3 fully saturated rings. The molecular weight excluding hydrogens is 325 g/mol. The van der Waals surface area contributed by atoms with Crippen molar-refractivity contribution in [2.45, 2.75) is 54.9 Å². The van der Waals surface area contributed by atoms with Crippen LogP contribution in [0.4, 0.5) is 4.39 Å². The van der Waals surface area contributed by atoms with E-state index in [2.05, 4.69) is 4.74 Å². The Morgan fingerprint density at radius 3 is 2.96 bits per heavy atom. The lowest BCUT2D eigenvalue weighted by Gasteiger charge is -2.47. The van der Waals surface area contributed by atoms with Crippen molar-refractivity contribution < 1.29 is 28.6 Å². The maximum Gasteiger partial charge on any atom is 0.323 e. The summed E-state index contributed by atoms with van der Waals surface area (Å²) in [5, 5.41) is 10.3. The van der Waals surface area contributed by atoms with Gasteiger partial charge in [0.2, 0.25) is 0 Å². The topological polar surface area (TPSA) is 98.9 Å². The van der Waals surface area contributed by atoms with Crippen molar-refractivity contribution in [2.75, 3.05) is 12.9 Å². The van der Waals surface area contributed by atoms with Crippen LogP contribution < -0.4 is 5.73 Å². The molecule has 2 saturated carbocycles. The van der Waals surface area contributed by atoms with Crippen molar-refractivity contribution in [3.63, 3.8) is 0 Å². The van der Waals surface area contributed by atoms with E-state index in [9.17, 15) is 14.7 Å². The van der Waals surface area contributed by atoms with Gasteiger partial charge in [-0.3, -0.25) is 9.59 Å². The van der Waals surface area contributed by atoms with Gasteiger partial charge in [0.25, 0.3) is 0 Å². The Labute approximate surface area is 138 Å². The smallest absolute Gasteiger partial charge is 0.323 e. The van der Waals surface area contributed by atoms with Gasteiger partial charge in [0.05, 0.1) is 12.4 Å². The minimum Gasteiger partial charge on any atom is -0.468 e. The van der Waals surface area contributed by atoms with Gasteiger partial charge in [-0.25, -0.2) is 4.39 Å². The van der Waals surface area contributed by atoms with E-state index in [0.29, 0.717) is 12.8 Å². The molecule has 0 spiro atoms. The Kier molecular flexibility index (Phi) is 4.13. The number of nitrogens with two attached hydrogens (primary N) is 1. The largest absolute Gasteiger partial charge is 0.468 e. The third-order valence-corrected chi connectivity index (χ3v) is 7.13. The molecule has 1 aliphatic heterocycles. The highest BCUT2D eigenvalue weighted by Gasteiger charge is 2.71. The summed E-state index contributed by atoms with van der Waals surface area (Å²) in [7, 11) is 1.23. The Balaban J connectivity index is 1.83. The standard InChI is InChI=1S/C15H22FNO5S/c1-14(16)5-7-3-4-9-15(7,20)10(13(19)22-9)11(14)23-6-8(17)12(18)21-2/h7-11,20H,3-6,17H2,1-2H3/t7-,8+,9-,10?,11+,14+,15-/m1/s1. The third-order valence-electron chi connectivity index (χ3n) is 5.46. The minimum absolute atomic E-state index is 0.117. The zero-order chi connectivity index (χ0) is 17.0. The molecule has 0 radical (unpaired) electrons. The van der Waals surface area contributed by atoms with Gasteiger partial charge in [-0.2, -0.15) is 11.8 Å². The van der Waals surface area contributed by atoms with Crippen LogP contribution in [0.15, 0.2) is 0 Å². The molecule has 2 aliphatic carbocycles. The van der Waals surface area contributed by atoms with Crippen LogP contribution in [0.1, 0.15) is 26.2 Å². The van der Waals surface area contributed by atoms with Gasteiger partial charge >= 0.3 is 11.9 Å². The maximum absolute atomic E-state index is 15.2. The zero-order valence-corrected chi connectivity index (χ0v) is 14.0. The number of carbonyl (C=O) groups is 2. The highest BCUT2D eigenvalue weighted by Crippen LogP contribution is 2.60. The van der Waals surface area contributed by atoms with Crippen LogP contribution in [-0.2, 0) is 19.1 Å². The second kappa shape index (κ2) is 5.60. The van der Waals surface area contributed by atoms with Crippen LogP contribution in [0.5, 0.6) is 0 Å². The SMILES string of the molecule is COC(=O)[C@@H](N)CS[C@H]1C2C(=O)O[C@@H]3CC[C@H](C[C@]1(C)F)[C@]23O. The van der Waals surface area contributed by atoms with E-state index in [-0.39, 0.29) is 18.1 Å². The number of hydrogen-bond donors (Lipinski definition) is 2. The van der Waals surface area contributed by atoms with Gasteiger partial charge in [0.15, 0.2) is 0 Å². The number of carbonyl (C=O) groups excluding carboxylic acids is 2. The summed E-state index contributed by atoms with van der Waals surface area (Å²) in [5.74, 6) is -2.21. The zero-order valence-electron chi connectivity index (χ0n) is 13.2. The molecule has 0 aromatic carbocycles. The summed E-state index contributed by atoms with van der Waals surface area (Å²) in [6, 6.07) is -0.898. The average Bonchev–Trinajstić information content (AvgIpc) is 2.92. The highest BCUT2D eigenvalue weighted by atomic mass is 32.2. The normalized spacial score (nSPS) is 46.2. The lowest BCUT2D eigenvalue weighted by molar-refractivity contribution is -0.146. The summed E-state index contributed by atoms with van der Waals surface area (Å²) >= 11 is 1.11. The van der Waals surface area contributed by atoms with Crippen molar-refractivity contribution in [2.24, 2.45) is 17.6 Å². The van der Waals surface area contributed by atoms with Gasteiger partial charge < -0.3 is 20.3 Å². The first kappa shape index (κ1) is 17.0. The predicted octanol–water partition coefficient (Wildman–Crippen LogP) is 0.403. The number of ether oxygens (including phenoxy) is 2. The molecule has 0 bridgehead atoms. The van der Waals surface area contributed by atoms with E-state index in [0.717, 1.165) is 11.8 Å². The number of rotatable bonds is 4. The molecule has 6 nitrogen and oxygen atoms in total. The van der Waals surface area contributed by atoms with Crippen LogP contribution in [-0.4, -0.2) is 58.6 Å². The third kappa shape index (κ3) is 2.46. The summed E-state index contributed by atoms with van der Waals surface area (Å²) in [4.78, 5) is 23.7. The minimum atomic E-state index is -1.64. The first-order valence-corrected chi connectivity index (χ1v) is 8.83. The molecule has 3 aliphatic rings. The lowest BCUT2D eigenvalue weighted by atomic mass is 9.65. The van der Waals surface area contributed by atoms with Crippen LogP contribution in [0.2, 0.25) is 0 Å². The Morgan fingerprint density at radius 2 is 2.30 bits per heavy atom. The first-order chi connectivity index (χ1) is 10.7. The number of thioether (sulfide) groups is 1. The van der Waals surface area contributed by atoms with E-state index in [1.165, 1.54) is 14.0 Å². The number of halogens is 1. The number of aliphatic hydroxyl groups is 1. The molecule has 0 aromatic rings. The van der Waals surface area contributed by atoms with Crippen molar-refractivity contribution >= 4 is 23.7 Å². The Morgan fingerprint density at radius 1 is 1.61 bits per heavy atom. The van der Waals surface area contributed by atoms with Crippen molar-refractivity contribution in [3.8, 4) is 0 Å². The van der Waals surface area contributed by atoms with Crippen molar-refractivity contribution in [1.29, 1.82) is 0 Å². The Bertz CT molecular complexity index is 530. The fraction of sp³-hybridized carbons (Fsp3) is 0.867. The number of alkyl halides is 1. The van der Waals surface area contributed by atoms with Gasteiger partial charge in [0.1, 0.15) is 29.3 Å². The Hall–Kier alpha value is -0.860. The van der Waals surface area contributed by atoms with Crippen molar-refractivity contribution in [1.82, 2.24) is 0 Å². The van der Waals surface area contributed by atoms with Crippen molar-refractivity contribution in [3.05, 3.63) is 0 Å². The molecule has 1 saturated heterocycles. The average molecular weight is 347 g/mol. The molecule has 1 unspecified atom stereocenters. The fourth-order valence-corrected chi connectivity index (χ4v) is 5.88. The van der Waals surface area contributed by atoms with Crippen LogP contribution in [0, 0.1) is 11.8 Å². The van der Waals surface area contributed by atoms with Crippen LogP contribution in [0.25, 0.3) is 0 Å². The van der Waals surface area contributed by atoms with Crippen LogP contribution >= 0.6 is 11.8 Å². The number of esters is 2. The first-order valence-electron chi connectivity index (χ1n) is 7.78. The summed E-state index contributed by atoms with van der Waals surface area (Å²) in [5.41, 5.74) is 2.77. The predicted molar refractivity (Wildman–Crippen MR) is 81.4 cm³/mol. The fourth-order valence-electron chi connectivity index (χ4n) is 4.36. The van der Waals surface area contributed by atoms with E-state index in [4.69, 9.17) is 10.5 Å². The molecule has 3 N–H and O–H groups in total. The molecule has 23 heavy (non-hydrogen) atoms. The van der Waals surface area contributed by atoms with Gasteiger partial charge in [-0.1, -0.05) is 0 Å². The number of methoxy groups -OCH3 is 1. The number of hydrogen-bond acceptors (Lipinski definition) is 7. The van der Waals surface area contributed by atoms with Gasteiger partial charge in [-0.15, -0.1) is 0 Å². The maximum atomic E-state index is 15.2. The van der Waals surface area contributed by atoms with Gasteiger partial charge in [-0.05, 0) is 32.1 Å². The van der Waals surface area contributed by atoms with E-state index in [1.807, 2.05) is 0 Å². The van der Waals surface area contributed by atoms with E-state index < -0.39 is 46.5 Å². The molecule has 130 valence electrons. The van der Waals surface area contributed by atoms with E-state index in [1.54, 1.807) is 0 Å². The molecule has 0 aromatic heterocycles. The summed E-state index contributed by atoms with van der Waals surface area (Å²) in [6.07, 6.45) is 0.860. The van der Waals surface area contributed by atoms with Gasteiger partial charge in [0, 0.05) is 5.75 Å². The van der Waals surface area contributed by atoms with E-state index >= 15 is 4.39 Å². The summed E-state index contributed by atoms with van der Waals surface area (Å²) < 4.78 is 25.1. The second-order valence-corrected chi connectivity index (χ2v) is 8.11. The molecular formula is C15H22FNO5S. The highest BCUT2D eigenvalue weighted by molar-refractivity contribution is 8.00. The lowest BCUT2D eigenvalue weighted by Crippen LogP contribution is -2.60. The molecule has 3 rings (SSSR count). The van der Waals surface area contributed by atoms with Crippen LogP contribution in [0.3, 0.4) is 0 Å². The molecule has 8 heteroatoms. The summed E-state index contributed by atoms with van der Waals surface area (Å²) in [6.45, 7) is 1.45. The molecule has 1 heterocycles. The second-order valence-electron chi connectivity index (χ2n) is 6.93. The quantitative estimate of drug-likeness (QED) is 0.710.